The minimum absolute atomic E-state index is 0. The maximum Gasteiger partial charge on any atom is 0.190 e. The summed E-state index contributed by atoms with van der Waals surface area (Å²) in [6.45, 7) is 8.02. The molecule has 2 N–H and O–H groups in total. The van der Waals surface area contributed by atoms with E-state index >= 15 is 0 Å². The van der Waals surface area contributed by atoms with Gasteiger partial charge in [0.1, 0.15) is 5.76 Å². The average molecular weight is 450 g/mol. The van der Waals surface area contributed by atoms with Gasteiger partial charge in [0.15, 0.2) is 5.96 Å². The van der Waals surface area contributed by atoms with E-state index in [0.717, 1.165) is 36.9 Å². The molecule has 0 fully saturated rings. The van der Waals surface area contributed by atoms with E-state index in [9.17, 15) is 0 Å². The predicted molar refractivity (Wildman–Crippen MR) is 112 cm³/mol. The third-order valence-electron chi connectivity index (χ3n) is 4.15. The van der Waals surface area contributed by atoms with E-state index in [4.69, 9.17) is 4.52 Å². The van der Waals surface area contributed by atoms with Crippen molar-refractivity contribution in [2.24, 2.45) is 4.99 Å². The van der Waals surface area contributed by atoms with E-state index in [1.807, 2.05) is 20.9 Å². The lowest BCUT2D eigenvalue weighted by atomic mass is 10.1. The molecule has 6 heteroatoms. The lowest BCUT2D eigenvalue weighted by Crippen LogP contribution is -2.38. The first-order valence-corrected chi connectivity index (χ1v) is 9.05. The van der Waals surface area contributed by atoms with Crippen LogP contribution in [0.15, 0.2) is 9.52 Å². The van der Waals surface area contributed by atoms with Gasteiger partial charge >= 0.3 is 0 Å². The summed E-state index contributed by atoms with van der Waals surface area (Å²) in [5.74, 6) is 1.79. The monoisotopic (exact) mass is 450 g/mol. The Labute approximate surface area is 164 Å². The quantitative estimate of drug-likeness (QED) is 0.228. The number of aromatic nitrogens is 1. The van der Waals surface area contributed by atoms with Crippen LogP contribution >= 0.6 is 24.0 Å². The molecule has 0 aliphatic rings. The van der Waals surface area contributed by atoms with Crippen LogP contribution in [0.5, 0.6) is 0 Å². The molecule has 0 spiro atoms. The Hall–Kier alpha value is -0.790. The molecule has 140 valence electrons. The highest BCUT2D eigenvalue weighted by Gasteiger charge is 2.08. The second-order valence-electron chi connectivity index (χ2n) is 6.10. The fourth-order valence-electron chi connectivity index (χ4n) is 2.67. The van der Waals surface area contributed by atoms with Gasteiger partial charge in [-0.1, -0.05) is 50.6 Å². The first-order chi connectivity index (χ1) is 11.2. The lowest BCUT2D eigenvalue weighted by molar-refractivity contribution is 0.392. The first kappa shape index (κ1) is 23.2. The molecule has 0 saturated carbocycles. The molecule has 1 rings (SSSR count). The van der Waals surface area contributed by atoms with Gasteiger partial charge < -0.3 is 15.2 Å². The van der Waals surface area contributed by atoms with E-state index in [1.165, 1.54) is 50.5 Å². The summed E-state index contributed by atoms with van der Waals surface area (Å²) in [4.78, 5) is 4.27. The van der Waals surface area contributed by atoms with Crippen molar-refractivity contribution in [1.82, 2.24) is 15.8 Å². The van der Waals surface area contributed by atoms with Crippen molar-refractivity contribution in [3.05, 3.63) is 17.0 Å². The van der Waals surface area contributed by atoms with Gasteiger partial charge in [0.2, 0.25) is 0 Å². The van der Waals surface area contributed by atoms with E-state index in [2.05, 4.69) is 27.7 Å². The van der Waals surface area contributed by atoms with E-state index in [0.29, 0.717) is 0 Å². The molecule has 0 aromatic carbocycles. The summed E-state index contributed by atoms with van der Waals surface area (Å²) in [7, 11) is 1.82. The average Bonchev–Trinajstić information content (AvgIpc) is 2.87. The van der Waals surface area contributed by atoms with Crippen molar-refractivity contribution in [3.63, 3.8) is 0 Å². The van der Waals surface area contributed by atoms with Crippen molar-refractivity contribution in [3.8, 4) is 0 Å². The summed E-state index contributed by atoms with van der Waals surface area (Å²) < 4.78 is 5.18. The van der Waals surface area contributed by atoms with E-state index in [1.54, 1.807) is 0 Å². The molecule has 0 radical (unpaired) electrons. The molecule has 5 nitrogen and oxygen atoms in total. The van der Waals surface area contributed by atoms with Gasteiger partial charge in [-0.25, -0.2) is 0 Å². The third kappa shape index (κ3) is 9.49. The van der Waals surface area contributed by atoms with Crippen molar-refractivity contribution >= 4 is 29.9 Å². The zero-order valence-electron chi connectivity index (χ0n) is 15.8. The standard InChI is InChI=1S/C18H34N4O.HI/c1-5-6-7-8-9-10-11-13-20-18(19-4)21-14-12-17-15(2)22-23-16(17)3;/h5-14H2,1-4H3,(H2,19,20,21);1H. The van der Waals surface area contributed by atoms with Gasteiger partial charge in [-0.15, -0.1) is 24.0 Å². The second kappa shape index (κ2) is 14.5. The fraction of sp³-hybridized carbons (Fsp3) is 0.778. The Morgan fingerprint density at radius 1 is 1.00 bits per heavy atom. The molecule has 0 aliphatic heterocycles. The lowest BCUT2D eigenvalue weighted by Gasteiger charge is -2.11. The van der Waals surface area contributed by atoms with Crippen LogP contribution in [0.3, 0.4) is 0 Å². The fourth-order valence-corrected chi connectivity index (χ4v) is 2.67. The number of hydrogen-bond acceptors (Lipinski definition) is 3. The van der Waals surface area contributed by atoms with Crippen LogP contribution in [0.2, 0.25) is 0 Å². The minimum Gasteiger partial charge on any atom is -0.361 e. The number of guanidine groups is 1. The zero-order chi connectivity index (χ0) is 16.9. The Kier molecular flexibility index (Phi) is 14.1. The number of unbranched alkanes of at least 4 members (excludes halogenated alkanes) is 6. The van der Waals surface area contributed by atoms with Crippen LogP contribution in [0.25, 0.3) is 0 Å². The Morgan fingerprint density at radius 2 is 1.62 bits per heavy atom. The molecular formula is C18H35IN4O. The van der Waals surface area contributed by atoms with Crippen molar-refractivity contribution < 1.29 is 4.52 Å². The Balaban J connectivity index is 0.00000529. The molecule has 24 heavy (non-hydrogen) atoms. The highest BCUT2D eigenvalue weighted by Crippen LogP contribution is 2.12. The number of halogens is 1. The van der Waals surface area contributed by atoms with E-state index < -0.39 is 0 Å². The molecule has 0 unspecified atom stereocenters. The minimum atomic E-state index is 0. The molecule has 0 aliphatic carbocycles. The van der Waals surface area contributed by atoms with Crippen LogP contribution in [0, 0.1) is 13.8 Å². The van der Waals surface area contributed by atoms with E-state index in [-0.39, 0.29) is 24.0 Å². The van der Waals surface area contributed by atoms with Gasteiger partial charge in [0.05, 0.1) is 5.69 Å². The highest BCUT2D eigenvalue weighted by atomic mass is 127. The maximum absolute atomic E-state index is 5.18. The van der Waals surface area contributed by atoms with Gasteiger partial charge in [-0.2, -0.15) is 0 Å². The predicted octanol–water partition coefficient (Wildman–Crippen LogP) is 4.37. The topological polar surface area (TPSA) is 62.5 Å². The number of nitrogens with one attached hydrogen (secondary N) is 2. The first-order valence-electron chi connectivity index (χ1n) is 9.05. The number of aliphatic imine (C=N–C) groups is 1. The summed E-state index contributed by atoms with van der Waals surface area (Å²) in [5, 5.41) is 10.7. The summed E-state index contributed by atoms with van der Waals surface area (Å²) in [5.41, 5.74) is 2.18. The molecule has 1 aromatic heterocycles. The maximum atomic E-state index is 5.18. The summed E-state index contributed by atoms with van der Waals surface area (Å²) in [6.07, 6.45) is 10.2. The number of hydrogen-bond donors (Lipinski definition) is 2. The van der Waals surface area contributed by atoms with Gasteiger partial charge in [-0.3, -0.25) is 4.99 Å². The molecule has 1 aromatic rings. The number of nitrogens with zero attached hydrogens (tertiary/aromatic N) is 2. The van der Waals surface area contributed by atoms with Crippen LogP contribution in [0.4, 0.5) is 0 Å². The second-order valence-corrected chi connectivity index (χ2v) is 6.10. The van der Waals surface area contributed by atoms with Crippen LogP contribution < -0.4 is 10.6 Å². The van der Waals surface area contributed by atoms with Gasteiger partial charge in [0.25, 0.3) is 0 Å². The van der Waals surface area contributed by atoms with Crippen LogP contribution in [0.1, 0.15) is 68.9 Å². The zero-order valence-corrected chi connectivity index (χ0v) is 18.1. The molecule has 0 bridgehead atoms. The Bertz CT molecular complexity index is 440. The normalized spacial score (nSPS) is 11.2. The van der Waals surface area contributed by atoms with Gasteiger partial charge in [0, 0.05) is 25.7 Å². The molecule has 0 amide bonds. The summed E-state index contributed by atoms with van der Waals surface area (Å²) >= 11 is 0. The highest BCUT2D eigenvalue weighted by molar-refractivity contribution is 14.0. The molecule has 0 atom stereocenters. The molecule has 0 saturated heterocycles. The van der Waals surface area contributed by atoms with Crippen LogP contribution in [-0.2, 0) is 6.42 Å². The molecule has 1 heterocycles. The third-order valence-corrected chi connectivity index (χ3v) is 4.15. The summed E-state index contributed by atoms with van der Waals surface area (Å²) in [6, 6.07) is 0. The Morgan fingerprint density at radius 3 is 2.21 bits per heavy atom. The van der Waals surface area contributed by atoms with Crippen molar-refractivity contribution in [1.29, 1.82) is 0 Å². The van der Waals surface area contributed by atoms with Gasteiger partial charge in [-0.05, 0) is 26.7 Å². The molecular weight excluding hydrogens is 415 g/mol. The number of rotatable bonds is 11. The van der Waals surface area contributed by atoms with Crippen molar-refractivity contribution in [2.75, 3.05) is 20.1 Å². The smallest absolute Gasteiger partial charge is 0.190 e. The number of aryl methyl sites for hydroxylation is 2. The van der Waals surface area contributed by atoms with Crippen molar-refractivity contribution in [2.45, 2.75) is 72.1 Å². The largest absolute Gasteiger partial charge is 0.361 e. The van der Waals surface area contributed by atoms with Crippen LogP contribution in [-0.4, -0.2) is 31.3 Å². The SMILES string of the molecule is CCCCCCCCCNC(=NC)NCCc1c(C)noc1C.I.